The molecule has 2 amide bonds. The number of nitrogens with zero attached hydrogens (tertiary/aromatic N) is 1. The smallest absolute Gasteiger partial charge is 0.260 e. The number of methoxy groups -OCH3 is 2. The molecule has 0 aromatic heterocycles. The van der Waals surface area contributed by atoms with Gasteiger partial charge in [0.05, 0.1) is 19.1 Å². The second-order valence-corrected chi connectivity index (χ2v) is 11.6. The van der Waals surface area contributed by atoms with E-state index in [2.05, 4.69) is 5.32 Å². The van der Waals surface area contributed by atoms with Gasteiger partial charge in [-0.15, -0.1) is 11.8 Å². The summed E-state index contributed by atoms with van der Waals surface area (Å²) in [6.07, 6.45) is 6.75. The van der Waals surface area contributed by atoms with Crippen LogP contribution in [0.25, 0.3) is 6.08 Å². The number of thioether (sulfide) groups is 1. The number of benzene rings is 3. The summed E-state index contributed by atoms with van der Waals surface area (Å²) in [5.41, 5.74) is 2.97. The molecule has 2 aliphatic rings. The van der Waals surface area contributed by atoms with E-state index in [9.17, 15) is 14.0 Å². The highest BCUT2D eigenvalue weighted by Gasteiger charge is 2.40. The standard InChI is InChI=1S/C33H35FN2O4S/c1-39-28-16-13-23(19-29(28)40-2)17-18-35-32(37)24-14-11-22(12-15-24)20-31-33(38)36(21-25-7-3-4-8-26(25)34)27-9-5-6-10-30(27)41-31/h3-4,7-8,11-16,19-20,27,30H,5-6,9-10,17-18,21H2,1-2H3,(H,35,37)/b31-20-. The molecule has 2 atom stereocenters. The van der Waals surface area contributed by atoms with E-state index in [0.717, 1.165) is 36.8 Å². The monoisotopic (exact) mass is 574 g/mol. The van der Waals surface area contributed by atoms with Gasteiger partial charge in [0.15, 0.2) is 11.5 Å². The topological polar surface area (TPSA) is 67.9 Å². The molecule has 1 N–H and O–H groups in total. The molecule has 214 valence electrons. The lowest BCUT2D eigenvalue weighted by Gasteiger charge is -2.44. The third kappa shape index (κ3) is 6.76. The summed E-state index contributed by atoms with van der Waals surface area (Å²) in [4.78, 5) is 28.9. The highest BCUT2D eigenvalue weighted by atomic mass is 32.2. The number of carbonyl (C=O) groups excluding carboxylic acids is 2. The van der Waals surface area contributed by atoms with Gasteiger partial charge >= 0.3 is 0 Å². The van der Waals surface area contributed by atoms with E-state index in [4.69, 9.17) is 9.47 Å². The first-order valence-corrected chi connectivity index (χ1v) is 14.9. The number of rotatable bonds is 9. The van der Waals surface area contributed by atoms with Crippen molar-refractivity contribution in [2.45, 2.75) is 49.9 Å². The van der Waals surface area contributed by atoms with Gasteiger partial charge in [-0.2, -0.15) is 0 Å². The maximum Gasteiger partial charge on any atom is 0.260 e. The van der Waals surface area contributed by atoms with Crippen molar-refractivity contribution in [3.63, 3.8) is 0 Å². The number of fused-ring (bicyclic) bond motifs is 1. The summed E-state index contributed by atoms with van der Waals surface area (Å²) in [5.74, 6) is 0.825. The van der Waals surface area contributed by atoms with Crippen molar-refractivity contribution in [1.82, 2.24) is 10.2 Å². The van der Waals surface area contributed by atoms with E-state index in [0.29, 0.717) is 45.7 Å². The molecule has 1 aliphatic heterocycles. The minimum Gasteiger partial charge on any atom is -0.493 e. The number of hydrogen-bond acceptors (Lipinski definition) is 5. The Kier molecular flexibility index (Phi) is 9.29. The molecule has 41 heavy (non-hydrogen) atoms. The first-order valence-electron chi connectivity index (χ1n) is 14.0. The summed E-state index contributed by atoms with van der Waals surface area (Å²) in [6.45, 7) is 0.749. The Balaban J connectivity index is 1.24. The van der Waals surface area contributed by atoms with Crippen LogP contribution in [0, 0.1) is 5.82 Å². The van der Waals surface area contributed by atoms with Crippen molar-refractivity contribution >= 4 is 29.7 Å². The minimum atomic E-state index is -0.283. The third-order valence-electron chi connectivity index (χ3n) is 7.73. The van der Waals surface area contributed by atoms with Crippen LogP contribution in [0.15, 0.2) is 71.6 Å². The van der Waals surface area contributed by atoms with Gasteiger partial charge in [0, 0.05) is 35.5 Å². The van der Waals surface area contributed by atoms with E-state index in [1.165, 1.54) is 6.07 Å². The molecule has 1 aliphatic carbocycles. The van der Waals surface area contributed by atoms with Crippen LogP contribution in [-0.2, 0) is 17.8 Å². The number of amides is 2. The van der Waals surface area contributed by atoms with Gasteiger partial charge in [0.25, 0.3) is 11.8 Å². The maximum atomic E-state index is 14.5. The normalized spacial score (nSPS) is 19.5. The maximum absolute atomic E-state index is 14.5. The van der Waals surface area contributed by atoms with E-state index in [1.807, 2.05) is 47.4 Å². The molecule has 1 saturated heterocycles. The highest BCUT2D eigenvalue weighted by Crippen LogP contribution is 2.43. The van der Waals surface area contributed by atoms with Crippen LogP contribution in [0.1, 0.15) is 52.7 Å². The van der Waals surface area contributed by atoms with Gasteiger partial charge in [-0.1, -0.05) is 49.2 Å². The molecule has 0 bridgehead atoms. The SMILES string of the molecule is COc1ccc(CCNC(=O)c2ccc(/C=C3\SC4CCCCC4N(Cc4ccccc4F)C3=O)cc2)cc1OC. The van der Waals surface area contributed by atoms with Crippen LogP contribution in [0.5, 0.6) is 11.5 Å². The Bertz CT molecular complexity index is 1420. The van der Waals surface area contributed by atoms with Crippen molar-refractivity contribution < 1.29 is 23.5 Å². The van der Waals surface area contributed by atoms with Crippen molar-refractivity contribution in [2.75, 3.05) is 20.8 Å². The molecular formula is C33H35FN2O4S. The molecule has 8 heteroatoms. The molecule has 3 aromatic carbocycles. The second kappa shape index (κ2) is 13.3. The van der Waals surface area contributed by atoms with Gasteiger partial charge in [0.1, 0.15) is 5.82 Å². The molecule has 2 fully saturated rings. The lowest BCUT2D eigenvalue weighted by atomic mass is 9.92. The lowest BCUT2D eigenvalue weighted by molar-refractivity contribution is -0.130. The van der Waals surface area contributed by atoms with Crippen LogP contribution >= 0.6 is 11.8 Å². The molecule has 0 spiro atoms. The van der Waals surface area contributed by atoms with Crippen LogP contribution in [-0.4, -0.2) is 48.8 Å². The molecule has 0 radical (unpaired) electrons. The summed E-state index contributed by atoms with van der Waals surface area (Å²) in [7, 11) is 3.20. The van der Waals surface area contributed by atoms with Crippen molar-refractivity contribution in [3.05, 3.63) is 99.7 Å². The zero-order valence-electron chi connectivity index (χ0n) is 23.4. The fraction of sp³-hybridized carbons (Fsp3) is 0.333. The Hall–Kier alpha value is -3.78. The second-order valence-electron chi connectivity index (χ2n) is 10.4. The van der Waals surface area contributed by atoms with E-state index in [-0.39, 0.29) is 30.2 Å². The molecule has 5 rings (SSSR count). The molecule has 2 unspecified atom stereocenters. The molecule has 3 aromatic rings. The molecule has 1 heterocycles. The van der Waals surface area contributed by atoms with Gasteiger partial charge in [-0.25, -0.2) is 4.39 Å². The van der Waals surface area contributed by atoms with Crippen LogP contribution < -0.4 is 14.8 Å². The molecular weight excluding hydrogens is 539 g/mol. The third-order valence-corrected chi connectivity index (χ3v) is 9.13. The zero-order chi connectivity index (χ0) is 28.8. The minimum absolute atomic E-state index is 0.0571. The van der Waals surface area contributed by atoms with Gasteiger partial charge in [-0.05, 0) is 66.8 Å². The number of ether oxygens (including phenoxy) is 2. The van der Waals surface area contributed by atoms with E-state index in [1.54, 1.807) is 50.2 Å². The predicted molar refractivity (Wildman–Crippen MR) is 161 cm³/mol. The quantitative estimate of drug-likeness (QED) is 0.307. The first kappa shape index (κ1) is 28.7. The number of hydrogen-bond donors (Lipinski definition) is 1. The highest BCUT2D eigenvalue weighted by molar-refractivity contribution is 8.04. The van der Waals surface area contributed by atoms with Gasteiger partial charge in [0.2, 0.25) is 0 Å². The average Bonchev–Trinajstić information content (AvgIpc) is 3.00. The fourth-order valence-corrected chi connectivity index (χ4v) is 6.99. The summed E-state index contributed by atoms with van der Waals surface area (Å²) < 4.78 is 25.1. The Morgan fingerprint density at radius 1 is 1.02 bits per heavy atom. The van der Waals surface area contributed by atoms with E-state index >= 15 is 0 Å². The van der Waals surface area contributed by atoms with Crippen LogP contribution in [0.2, 0.25) is 0 Å². The number of carbonyl (C=O) groups is 2. The van der Waals surface area contributed by atoms with Crippen LogP contribution in [0.4, 0.5) is 4.39 Å². The van der Waals surface area contributed by atoms with Crippen LogP contribution in [0.3, 0.4) is 0 Å². The number of nitrogens with one attached hydrogen (secondary N) is 1. The number of halogens is 1. The average molecular weight is 575 g/mol. The Morgan fingerprint density at radius 3 is 2.54 bits per heavy atom. The van der Waals surface area contributed by atoms with Crippen molar-refractivity contribution in [3.8, 4) is 11.5 Å². The Morgan fingerprint density at radius 2 is 1.78 bits per heavy atom. The molecule has 6 nitrogen and oxygen atoms in total. The van der Waals surface area contributed by atoms with Gasteiger partial charge < -0.3 is 19.7 Å². The predicted octanol–water partition coefficient (Wildman–Crippen LogP) is 6.24. The summed E-state index contributed by atoms with van der Waals surface area (Å²) >= 11 is 1.64. The van der Waals surface area contributed by atoms with Crippen molar-refractivity contribution in [2.24, 2.45) is 0 Å². The largest absolute Gasteiger partial charge is 0.493 e. The van der Waals surface area contributed by atoms with E-state index < -0.39 is 0 Å². The Labute approximate surface area is 244 Å². The summed E-state index contributed by atoms with van der Waals surface area (Å²) in [6, 6.07) is 19.8. The fourth-order valence-electron chi connectivity index (χ4n) is 5.51. The zero-order valence-corrected chi connectivity index (χ0v) is 24.2. The summed E-state index contributed by atoms with van der Waals surface area (Å²) in [5, 5.41) is 3.27. The lowest BCUT2D eigenvalue weighted by Crippen LogP contribution is -2.50. The van der Waals surface area contributed by atoms with Crippen molar-refractivity contribution in [1.29, 1.82) is 0 Å². The molecule has 1 saturated carbocycles. The first-order chi connectivity index (χ1) is 20.0. The van der Waals surface area contributed by atoms with Gasteiger partial charge in [-0.3, -0.25) is 9.59 Å².